The summed E-state index contributed by atoms with van der Waals surface area (Å²) in [7, 11) is -1.85. The Balaban J connectivity index is 0.00000312. The number of carbonyl (C=O) groups excluding carboxylic acids is 1. The molecule has 25 heavy (non-hydrogen) atoms. The Bertz CT molecular complexity index is 641. The van der Waals surface area contributed by atoms with Crippen LogP contribution in [0.4, 0.5) is 0 Å². The van der Waals surface area contributed by atoms with Gasteiger partial charge in [0.2, 0.25) is 10.0 Å². The van der Waals surface area contributed by atoms with Gasteiger partial charge in [-0.2, -0.15) is 0 Å². The standard InChI is InChI=1S/C16H27N3O3S2.ClH/c1-12(17-2)11-18-16(20)15-14(9-10-23-15)24(21,22)19-13-7-5-3-4-6-8-13;/h9-10,12-13,17,19H,3-8,11H2,1-2H3,(H,18,20);1H. The highest BCUT2D eigenvalue weighted by molar-refractivity contribution is 7.89. The molecule has 1 aliphatic rings. The third kappa shape index (κ3) is 6.53. The Hall–Kier alpha value is -0.670. The van der Waals surface area contributed by atoms with Crippen LogP contribution in [0.3, 0.4) is 0 Å². The van der Waals surface area contributed by atoms with Crippen molar-refractivity contribution < 1.29 is 13.2 Å². The summed E-state index contributed by atoms with van der Waals surface area (Å²) in [5.74, 6) is -0.339. The van der Waals surface area contributed by atoms with E-state index in [0.29, 0.717) is 6.54 Å². The molecule has 144 valence electrons. The van der Waals surface area contributed by atoms with E-state index < -0.39 is 10.0 Å². The van der Waals surface area contributed by atoms with Crippen molar-refractivity contribution in [3.8, 4) is 0 Å². The highest BCUT2D eigenvalue weighted by atomic mass is 35.5. The van der Waals surface area contributed by atoms with Crippen molar-refractivity contribution >= 4 is 39.7 Å². The first-order chi connectivity index (χ1) is 11.4. The maximum Gasteiger partial charge on any atom is 0.262 e. The highest BCUT2D eigenvalue weighted by Gasteiger charge is 2.27. The van der Waals surface area contributed by atoms with E-state index in [4.69, 9.17) is 0 Å². The van der Waals surface area contributed by atoms with Gasteiger partial charge in [-0.15, -0.1) is 23.7 Å². The molecule has 1 aromatic heterocycles. The van der Waals surface area contributed by atoms with Crippen LogP contribution in [0.1, 0.15) is 55.1 Å². The lowest BCUT2D eigenvalue weighted by molar-refractivity contribution is 0.0951. The van der Waals surface area contributed by atoms with E-state index in [1.54, 1.807) is 5.38 Å². The Labute approximate surface area is 160 Å². The summed E-state index contributed by atoms with van der Waals surface area (Å²) in [4.78, 5) is 12.7. The molecule has 0 aromatic carbocycles. The fourth-order valence-corrected chi connectivity index (χ4v) is 5.43. The molecule has 0 aliphatic heterocycles. The van der Waals surface area contributed by atoms with Gasteiger partial charge in [0.25, 0.3) is 5.91 Å². The third-order valence-electron chi connectivity index (χ3n) is 4.36. The van der Waals surface area contributed by atoms with E-state index in [0.717, 1.165) is 49.9 Å². The van der Waals surface area contributed by atoms with Crippen molar-refractivity contribution in [2.24, 2.45) is 0 Å². The van der Waals surface area contributed by atoms with Crippen LogP contribution in [-0.4, -0.2) is 40.0 Å². The number of hydrogen-bond acceptors (Lipinski definition) is 5. The van der Waals surface area contributed by atoms with Gasteiger partial charge in [-0.25, -0.2) is 13.1 Å². The van der Waals surface area contributed by atoms with E-state index >= 15 is 0 Å². The molecule has 1 aromatic rings. The molecule has 0 spiro atoms. The van der Waals surface area contributed by atoms with E-state index in [1.807, 2.05) is 14.0 Å². The molecule has 1 heterocycles. The second kappa shape index (κ2) is 10.5. The van der Waals surface area contributed by atoms with Crippen LogP contribution in [0.15, 0.2) is 16.3 Å². The van der Waals surface area contributed by atoms with Crippen LogP contribution in [0.2, 0.25) is 0 Å². The maximum absolute atomic E-state index is 12.7. The summed E-state index contributed by atoms with van der Waals surface area (Å²) in [6, 6.07) is 1.61. The normalized spacial score (nSPS) is 17.4. The lowest BCUT2D eigenvalue weighted by Crippen LogP contribution is -2.38. The van der Waals surface area contributed by atoms with Gasteiger partial charge >= 0.3 is 0 Å². The van der Waals surface area contributed by atoms with E-state index in [-0.39, 0.29) is 40.2 Å². The quantitative estimate of drug-likeness (QED) is 0.604. The molecular weight excluding hydrogens is 382 g/mol. The van der Waals surface area contributed by atoms with Gasteiger partial charge in [-0.1, -0.05) is 25.7 Å². The molecule has 0 saturated heterocycles. The molecule has 1 unspecified atom stereocenters. The summed E-state index contributed by atoms with van der Waals surface area (Å²) in [5.41, 5.74) is 0. The molecular formula is C16H28ClN3O3S2. The summed E-state index contributed by atoms with van der Waals surface area (Å²) < 4.78 is 28.2. The molecule has 1 fully saturated rings. The van der Waals surface area contributed by atoms with Gasteiger partial charge in [0.1, 0.15) is 9.77 Å². The molecule has 6 nitrogen and oxygen atoms in total. The van der Waals surface area contributed by atoms with E-state index in [2.05, 4.69) is 15.4 Å². The summed E-state index contributed by atoms with van der Waals surface area (Å²) in [6.07, 6.45) is 6.15. The van der Waals surface area contributed by atoms with Crippen molar-refractivity contribution in [2.45, 2.75) is 62.4 Å². The summed E-state index contributed by atoms with van der Waals surface area (Å²) >= 11 is 1.16. The minimum absolute atomic E-state index is 0. The number of amides is 1. The molecule has 1 atom stereocenters. The number of carbonyl (C=O) groups is 1. The van der Waals surface area contributed by atoms with Gasteiger partial charge in [0.15, 0.2) is 0 Å². The number of nitrogens with one attached hydrogen (secondary N) is 3. The predicted octanol–water partition coefficient (Wildman–Crippen LogP) is 2.51. The van der Waals surface area contributed by atoms with E-state index in [9.17, 15) is 13.2 Å². The molecule has 1 amide bonds. The van der Waals surface area contributed by atoms with Crippen LogP contribution in [-0.2, 0) is 10.0 Å². The molecule has 0 radical (unpaired) electrons. The topological polar surface area (TPSA) is 87.3 Å². The van der Waals surface area contributed by atoms with Crippen molar-refractivity contribution in [1.82, 2.24) is 15.4 Å². The lowest BCUT2D eigenvalue weighted by Gasteiger charge is -2.17. The average Bonchev–Trinajstić information content (AvgIpc) is 2.93. The number of likely N-dealkylation sites (N-methyl/N-ethyl adjacent to an activating group) is 1. The van der Waals surface area contributed by atoms with Gasteiger partial charge in [0.05, 0.1) is 0 Å². The Morgan fingerprint density at radius 2 is 1.92 bits per heavy atom. The predicted molar refractivity (Wildman–Crippen MR) is 104 cm³/mol. The number of sulfonamides is 1. The van der Waals surface area contributed by atoms with E-state index in [1.165, 1.54) is 6.07 Å². The SMILES string of the molecule is CNC(C)CNC(=O)c1sccc1S(=O)(=O)NC1CCCCCC1.Cl. The number of rotatable bonds is 7. The maximum atomic E-state index is 12.7. The first-order valence-electron chi connectivity index (χ1n) is 8.49. The van der Waals surface area contributed by atoms with Crippen molar-refractivity contribution in [3.63, 3.8) is 0 Å². The Kier molecular flexibility index (Phi) is 9.37. The largest absolute Gasteiger partial charge is 0.350 e. The Morgan fingerprint density at radius 1 is 1.28 bits per heavy atom. The van der Waals surface area contributed by atoms with Gasteiger partial charge < -0.3 is 10.6 Å². The van der Waals surface area contributed by atoms with Crippen molar-refractivity contribution in [3.05, 3.63) is 16.3 Å². The van der Waals surface area contributed by atoms with Crippen LogP contribution >= 0.6 is 23.7 Å². The smallest absolute Gasteiger partial charge is 0.262 e. The lowest BCUT2D eigenvalue weighted by atomic mass is 10.1. The number of hydrogen-bond donors (Lipinski definition) is 3. The van der Waals surface area contributed by atoms with Crippen LogP contribution in [0.5, 0.6) is 0 Å². The fourth-order valence-electron chi connectivity index (χ4n) is 2.78. The first kappa shape index (κ1) is 22.4. The molecule has 1 aliphatic carbocycles. The van der Waals surface area contributed by atoms with Crippen molar-refractivity contribution in [2.75, 3.05) is 13.6 Å². The zero-order chi connectivity index (χ0) is 17.6. The summed E-state index contributed by atoms with van der Waals surface area (Å²) in [6.45, 7) is 2.39. The zero-order valence-corrected chi connectivity index (χ0v) is 17.2. The van der Waals surface area contributed by atoms with Gasteiger partial charge in [0, 0.05) is 18.6 Å². The minimum atomic E-state index is -3.67. The van der Waals surface area contributed by atoms with Gasteiger partial charge in [-0.05, 0) is 38.3 Å². The molecule has 3 N–H and O–H groups in total. The third-order valence-corrected chi connectivity index (χ3v) is 6.97. The number of thiophene rings is 1. The Morgan fingerprint density at radius 3 is 2.52 bits per heavy atom. The average molecular weight is 410 g/mol. The van der Waals surface area contributed by atoms with Gasteiger partial charge in [-0.3, -0.25) is 4.79 Å². The minimum Gasteiger partial charge on any atom is -0.350 e. The summed E-state index contributed by atoms with van der Waals surface area (Å²) in [5, 5.41) is 7.46. The molecule has 1 saturated carbocycles. The number of halogens is 1. The monoisotopic (exact) mass is 409 g/mol. The van der Waals surface area contributed by atoms with Crippen LogP contribution in [0, 0.1) is 0 Å². The van der Waals surface area contributed by atoms with Crippen molar-refractivity contribution in [1.29, 1.82) is 0 Å². The zero-order valence-electron chi connectivity index (χ0n) is 14.7. The van der Waals surface area contributed by atoms with Crippen LogP contribution < -0.4 is 15.4 Å². The second-order valence-electron chi connectivity index (χ2n) is 6.32. The highest BCUT2D eigenvalue weighted by Crippen LogP contribution is 2.24. The van der Waals surface area contributed by atoms with Crippen LogP contribution in [0.25, 0.3) is 0 Å². The fraction of sp³-hybridized carbons (Fsp3) is 0.688. The second-order valence-corrected chi connectivity index (χ2v) is 8.92. The molecule has 9 heteroatoms. The molecule has 2 rings (SSSR count). The molecule has 0 bridgehead atoms. The first-order valence-corrected chi connectivity index (χ1v) is 10.9.